The maximum Gasteiger partial charge on any atom is 0.241 e. The van der Waals surface area contributed by atoms with Crippen LogP contribution >= 0.6 is 0 Å². The Balaban J connectivity index is 2.53. The zero-order valence-corrected chi connectivity index (χ0v) is 8.01. The van der Waals surface area contributed by atoms with Crippen molar-refractivity contribution < 1.29 is 9.13 Å². The van der Waals surface area contributed by atoms with E-state index in [1.807, 2.05) is 0 Å². The molecule has 0 aliphatic heterocycles. The molecule has 0 aliphatic carbocycles. The normalized spacial score (nSPS) is 10.0. The molecule has 0 N–H and O–H groups in total. The lowest BCUT2D eigenvalue weighted by molar-refractivity contribution is 0.397. The summed E-state index contributed by atoms with van der Waals surface area (Å²) in [5.74, 6) is -0.0386. The van der Waals surface area contributed by atoms with Gasteiger partial charge in [-0.1, -0.05) is 0 Å². The molecule has 0 aromatic carbocycles. The van der Waals surface area contributed by atoms with Gasteiger partial charge in [0.1, 0.15) is 5.82 Å². The molecular formula is C10H8FN3O. The lowest BCUT2D eigenvalue weighted by atomic mass is 10.2. The number of methoxy groups -OCH3 is 1. The van der Waals surface area contributed by atoms with E-state index in [1.54, 1.807) is 0 Å². The zero-order valence-electron chi connectivity index (χ0n) is 8.01. The summed E-state index contributed by atoms with van der Waals surface area (Å²) in [6.45, 7) is 0. The molecule has 0 saturated heterocycles. The van der Waals surface area contributed by atoms with E-state index in [2.05, 4.69) is 15.0 Å². The predicted octanol–water partition coefficient (Wildman–Crippen LogP) is 1.69. The molecule has 0 fully saturated rings. The van der Waals surface area contributed by atoms with Crippen molar-refractivity contribution in [1.29, 1.82) is 0 Å². The van der Waals surface area contributed by atoms with E-state index in [4.69, 9.17) is 4.74 Å². The van der Waals surface area contributed by atoms with Gasteiger partial charge in [-0.3, -0.25) is 4.98 Å². The Morgan fingerprint density at radius 2 is 1.93 bits per heavy atom. The molecule has 2 aromatic rings. The van der Waals surface area contributed by atoms with Crippen molar-refractivity contribution in [3.63, 3.8) is 0 Å². The summed E-state index contributed by atoms with van der Waals surface area (Å²) >= 11 is 0. The molecule has 0 unspecified atom stereocenters. The van der Waals surface area contributed by atoms with E-state index >= 15 is 0 Å². The molecule has 0 bridgehead atoms. The smallest absolute Gasteiger partial charge is 0.241 e. The van der Waals surface area contributed by atoms with E-state index in [9.17, 15) is 4.39 Å². The molecule has 2 rings (SSSR count). The monoisotopic (exact) mass is 205 g/mol. The minimum atomic E-state index is -0.368. The Hall–Kier alpha value is -2.04. The third kappa shape index (κ3) is 1.90. The van der Waals surface area contributed by atoms with Crippen molar-refractivity contribution in [1.82, 2.24) is 15.0 Å². The molecule has 0 aliphatic rings. The van der Waals surface area contributed by atoms with E-state index < -0.39 is 0 Å². The summed E-state index contributed by atoms with van der Waals surface area (Å²) in [5.41, 5.74) is 0.833. The Morgan fingerprint density at radius 1 is 1.13 bits per heavy atom. The minimum Gasteiger partial charge on any atom is -0.479 e. The summed E-state index contributed by atoms with van der Waals surface area (Å²) in [7, 11) is 1.48. The Kier molecular flexibility index (Phi) is 2.53. The zero-order chi connectivity index (χ0) is 10.7. The fourth-order valence-corrected chi connectivity index (χ4v) is 1.18. The van der Waals surface area contributed by atoms with Crippen molar-refractivity contribution in [3.8, 4) is 17.3 Å². The molecule has 15 heavy (non-hydrogen) atoms. The molecule has 0 spiro atoms. The van der Waals surface area contributed by atoms with Crippen LogP contribution in [0.2, 0.25) is 0 Å². The summed E-state index contributed by atoms with van der Waals surface area (Å²) < 4.78 is 18.0. The van der Waals surface area contributed by atoms with Crippen LogP contribution in [0.15, 0.2) is 30.7 Å². The van der Waals surface area contributed by atoms with Crippen molar-refractivity contribution in [3.05, 3.63) is 36.5 Å². The molecule has 2 heterocycles. The SMILES string of the molecule is COc1nccnc1-c1cc(F)ccn1. The second kappa shape index (κ2) is 4.00. The van der Waals surface area contributed by atoms with Gasteiger partial charge in [0.15, 0.2) is 5.69 Å². The number of hydrogen-bond donors (Lipinski definition) is 0. The van der Waals surface area contributed by atoms with Gasteiger partial charge in [0.25, 0.3) is 0 Å². The maximum absolute atomic E-state index is 13.0. The first-order chi connectivity index (χ1) is 7.31. The highest BCUT2D eigenvalue weighted by atomic mass is 19.1. The van der Waals surface area contributed by atoms with Crippen LogP contribution < -0.4 is 4.74 Å². The van der Waals surface area contributed by atoms with Crippen molar-refractivity contribution >= 4 is 0 Å². The molecule has 76 valence electrons. The third-order valence-electron chi connectivity index (χ3n) is 1.82. The Bertz CT molecular complexity index is 476. The number of aromatic nitrogens is 3. The van der Waals surface area contributed by atoms with Crippen molar-refractivity contribution in [2.75, 3.05) is 7.11 Å². The number of hydrogen-bond acceptors (Lipinski definition) is 4. The lowest BCUT2D eigenvalue weighted by Gasteiger charge is -2.04. The van der Waals surface area contributed by atoms with Gasteiger partial charge in [0, 0.05) is 24.7 Å². The van der Waals surface area contributed by atoms with Gasteiger partial charge in [-0.15, -0.1) is 0 Å². The van der Waals surface area contributed by atoms with E-state index in [-0.39, 0.29) is 5.82 Å². The van der Waals surface area contributed by atoms with Crippen LogP contribution in [0, 0.1) is 5.82 Å². The highest BCUT2D eigenvalue weighted by Gasteiger charge is 2.09. The molecule has 5 heteroatoms. The van der Waals surface area contributed by atoms with E-state index in [1.165, 1.54) is 37.8 Å². The molecule has 2 aromatic heterocycles. The fraction of sp³-hybridized carbons (Fsp3) is 0.100. The quantitative estimate of drug-likeness (QED) is 0.748. The number of pyridine rings is 1. The third-order valence-corrected chi connectivity index (χ3v) is 1.82. The van der Waals surface area contributed by atoms with Crippen LogP contribution in [0.4, 0.5) is 4.39 Å². The van der Waals surface area contributed by atoms with Gasteiger partial charge in [0.05, 0.1) is 12.8 Å². The minimum absolute atomic E-state index is 0.329. The first kappa shape index (κ1) is 9.51. The van der Waals surface area contributed by atoms with Crippen LogP contribution in [0.25, 0.3) is 11.4 Å². The highest BCUT2D eigenvalue weighted by molar-refractivity contribution is 5.59. The molecule has 4 nitrogen and oxygen atoms in total. The lowest BCUT2D eigenvalue weighted by Crippen LogP contribution is -1.95. The summed E-state index contributed by atoms with van der Waals surface area (Å²) in [5, 5.41) is 0. The maximum atomic E-state index is 13.0. The first-order valence-corrected chi connectivity index (χ1v) is 4.28. The van der Waals surface area contributed by atoms with Gasteiger partial charge in [0.2, 0.25) is 5.88 Å². The first-order valence-electron chi connectivity index (χ1n) is 4.28. The Labute approximate surface area is 85.8 Å². The van der Waals surface area contributed by atoms with Gasteiger partial charge >= 0.3 is 0 Å². The van der Waals surface area contributed by atoms with Gasteiger partial charge in [-0.25, -0.2) is 14.4 Å². The Morgan fingerprint density at radius 3 is 2.67 bits per heavy atom. The van der Waals surface area contributed by atoms with Crippen LogP contribution in [0.1, 0.15) is 0 Å². The van der Waals surface area contributed by atoms with Gasteiger partial charge < -0.3 is 4.74 Å². The van der Waals surface area contributed by atoms with Crippen molar-refractivity contribution in [2.24, 2.45) is 0 Å². The number of ether oxygens (including phenoxy) is 1. The number of halogens is 1. The standard InChI is InChI=1S/C10H8FN3O/c1-15-10-9(13-4-5-14-10)8-6-7(11)2-3-12-8/h2-6H,1H3. The average molecular weight is 205 g/mol. The molecule has 0 amide bonds. The van der Waals surface area contributed by atoms with Crippen molar-refractivity contribution in [2.45, 2.75) is 0 Å². The van der Waals surface area contributed by atoms with E-state index in [0.717, 1.165) is 0 Å². The second-order valence-corrected chi connectivity index (χ2v) is 2.77. The van der Waals surface area contributed by atoms with Crippen LogP contribution in [0.5, 0.6) is 5.88 Å². The number of rotatable bonds is 2. The largest absolute Gasteiger partial charge is 0.479 e. The van der Waals surface area contributed by atoms with E-state index in [0.29, 0.717) is 17.3 Å². The summed E-state index contributed by atoms with van der Waals surface area (Å²) in [4.78, 5) is 12.0. The van der Waals surface area contributed by atoms with Gasteiger partial charge in [-0.05, 0) is 6.07 Å². The van der Waals surface area contributed by atoms with Crippen LogP contribution in [-0.4, -0.2) is 22.1 Å². The fourth-order valence-electron chi connectivity index (χ4n) is 1.18. The molecule has 0 saturated carbocycles. The average Bonchev–Trinajstić information content (AvgIpc) is 2.29. The summed E-state index contributed by atoms with van der Waals surface area (Å²) in [6.07, 6.45) is 4.38. The number of nitrogens with zero attached hydrogens (tertiary/aromatic N) is 3. The van der Waals surface area contributed by atoms with Crippen LogP contribution in [0.3, 0.4) is 0 Å². The summed E-state index contributed by atoms with van der Waals surface area (Å²) in [6, 6.07) is 2.55. The second-order valence-electron chi connectivity index (χ2n) is 2.77. The molecule has 0 radical (unpaired) electrons. The predicted molar refractivity (Wildman–Crippen MR) is 51.8 cm³/mol. The topological polar surface area (TPSA) is 47.9 Å². The molecule has 0 atom stereocenters. The highest BCUT2D eigenvalue weighted by Crippen LogP contribution is 2.22. The van der Waals surface area contributed by atoms with Crippen LogP contribution in [-0.2, 0) is 0 Å². The van der Waals surface area contributed by atoms with Gasteiger partial charge in [-0.2, -0.15) is 0 Å². The molecular weight excluding hydrogens is 197 g/mol.